The van der Waals surface area contributed by atoms with E-state index in [0.29, 0.717) is 5.92 Å². The van der Waals surface area contributed by atoms with E-state index in [1.54, 1.807) is 7.11 Å². The Morgan fingerprint density at radius 3 is 2.13 bits per heavy atom. The van der Waals surface area contributed by atoms with Crippen LogP contribution < -0.4 is 0 Å². The van der Waals surface area contributed by atoms with Crippen molar-refractivity contribution in [2.75, 3.05) is 7.11 Å². The first-order chi connectivity index (χ1) is 6.76. The SMILES string of the molecule is CO[C@@H](C#C[Si](C)(C)C)[C@@H](O)CC(C)C. The van der Waals surface area contributed by atoms with Crippen LogP contribution in [0.4, 0.5) is 0 Å². The second-order valence-electron chi connectivity index (χ2n) is 5.37. The van der Waals surface area contributed by atoms with Gasteiger partial charge in [0.15, 0.2) is 0 Å². The maximum absolute atomic E-state index is 9.86. The van der Waals surface area contributed by atoms with E-state index in [9.17, 15) is 5.11 Å². The molecule has 0 bridgehead atoms. The van der Waals surface area contributed by atoms with Gasteiger partial charge >= 0.3 is 0 Å². The van der Waals surface area contributed by atoms with Crippen molar-refractivity contribution >= 4 is 8.07 Å². The van der Waals surface area contributed by atoms with Crippen molar-refractivity contribution in [3.8, 4) is 11.5 Å². The van der Waals surface area contributed by atoms with Crippen molar-refractivity contribution in [3.63, 3.8) is 0 Å². The zero-order chi connectivity index (χ0) is 12.1. The van der Waals surface area contributed by atoms with Crippen molar-refractivity contribution in [1.82, 2.24) is 0 Å². The first kappa shape index (κ1) is 14.7. The number of ether oxygens (including phenoxy) is 1. The highest BCUT2D eigenvalue weighted by Crippen LogP contribution is 2.10. The largest absolute Gasteiger partial charge is 0.389 e. The Morgan fingerprint density at radius 1 is 1.27 bits per heavy atom. The molecule has 0 rings (SSSR count). The maximum atomic E-state index is 9.86. The maximum Gasteiger partial charge on any atom is 0.142 e. The van der Waals surface area contributed by atoms with Crippen LogP contribution in [0.25, 0.3) is 0 Å². The van der Waals surface area contributed by atoms with Crippen LogP contribution in [-0.2, 0) is 4.74 Å². The Hall–Kier alpha value is -0.303. The molecular weight excluding hydrogens is 204 g/mol. The van der Waals surface area contributed by atoms with E-state index in [1.165, 1.54) is 0 Å². The zero-order valence-electron chi connectivity index (χ0n) is 10.8. The van der Waals surface area contributed by atoms with Crippen LogP contribution in [0.5, 0.6) is 0 Å². The van der Waals surface area contributed by atoms with Gasteiger partial charge in [-0.3, -0.25) is 0 Å². The average Bonchev–Trinajstić information content (AvgIpc) is 2.01. The third-order valence-corrected chi connectivity index (χ3v) is 2.80. The smallest absolute Gasteiger partial charge is 0.142 e. The van der Waals surface area contributed by atoms with Gasteiger partial charge in [0.25, 0.3) is 0 Å². The minimum Gasteiger partial charge on any atom is -0.389 e. The summed E-state index contributed by atoms with van der Waals surface area (Å²) in [5.74, 6) is 3.52. The topological polar surface area (TPSA) is 29.5 Å². The van der Waals surface area contributed by atoms with E-state index >= 15 is 0 Å². The van der Waals surface area contributed by atoms with Gasteiger partial charge in [0.1, 0.15) is 14.2 Å². The Labute approximate surface area is 95.0 Å². The monoisotopic (exact) mass is 228 g/mol. The molecule has 2 atom stereocenters. The number of methoxy groups -OCH3 is 1. The summed E-state index contributed by atoms with van der Waals surface area (Å²) in [5, 5.41) is 9.86. The predicted molar refractivity (Wildman–Crippen MR) is 67.4 cm³/mol. The van der Waals surface area contributed by atoms with Gasteiger partial charge in [-0.2, -0.15) is 0 Å². The van der Waals surface area contributed by atoms with E-state index in [2.05, 4.69) is 45.0 Å². The lowest BCUT2D eigenvalue weighted by Gasteiger charge is -2.18. The van der Waals surface area contributed by atoms with Crippen LogP contribution in [0, 0.1) is 17.4 Å². The van der Waals surface area contributed by atoms with Crippen molar-refractivity contribution in [2.24, 2.45) is 5.92 Å². The molecule has 15 heavy (non-hydrogen) atoms. The molecule has 0 fully saturated rings. The summed E-state index contributed by atoms with van der Waals surface area (Å²) in [6, 6.07) is 0. The van der Waals surface area contributed by atoms with Gasteiger partial charge in [0.2, 0.25) is 0 Å². The van der Waals surface area contributed by atoms with Gasteiger partial charge in [-0.25, -0.2) is 0 Å². The summed E-state index contributed by atoms with van der Waals surface area (Å²) < 4.78 is 5.21. The molecule has 0 spiro atoms. The highest BCUT2D eigenvalue weighted by atomic mass is 28.3. The van der Waals surface area contributed by atoms with Crippen LogP contribution in [0.15, 0.2) is 0 Å². The Bertz CT molecular complexity index is 232. The number of aliphatic hydroxyl groups is 1. The minimum absolute atomic E-state index is 0.334. The van der Waals surface area contributed by atoms with Crippen LogP contribution in [-0.4, -0.2) is 32.5 Å². The first-order valence-electron chi connectivity index (χ1n) is 5.50. The minimum atomic E-state index is -1.37. The number of aliphatic hydroxyl groups excluding tert-OH is 1. The van der Waals surface area contributed by atoms with Gasteiger partial charge in [-0.1, -0.05) is 39.4 Å². The molecule has 0 saturated heterocycles. The molecule has 2 nitrogen and oxygen atoms in total. The van der Waals surface area contributed by atoms with E-state index in [0.717, 1.165) is 6.42 Å². The molecule has 0 unspecified atom stereocenters. The number of hydrogen-bond donors (Lipinski definition) is 1. The lowest BCUT2D eigenvalue weighted by molar-refractivity contribution is 0.0118. The first-order valence-corrected chi connectivity index (χ1v) is 9.00. The standard InChI is InChI=1S/C12H24O2Si/c1-10(2)9-11(13)12(14-3)7-8-15(4,5)6/h10-13H,9H2,1-6H3/t11-,12-/m0/s1. The lowest BCUT2D eigenvalue weighted by atomic mass is 10.0. The quantitative estimate of drug-likeness (QED) is 0.591. The summed E-state index contributed by atoms with van der Waals surface area (Å²) in [6.07, 6.45) is -0.0724. The second kappa shape index (κ2) is 6.32. The predicted octanol–water partition coefficient (Wildman–Crippen LogP) is 2.29. The van der Waals surface area contributed by atoms with E-state index in [1.807, 2.05) is 0 Å². The number of rotatable bonds is 4. The van der Waals surface area contributed by atoms with E-state index in [-0.39, 0.29) is 6.10 Å². The molecule has 0 saturated carbocycles. The fourth-order valence-corrected chi connectivity index (χ4v) is 1.78. The highest BCUT2D eigenvalue weighted by molar-refractivity contribution is 6.83. The Kier molecular flexibility index (Phi) is 6.19. The molecule has 0 radical (unpaired) electrons. The van der Waals surface area contributed by atoms with Gasteiger partial charge in [-0.15, -0.1) is 5.54 Å². The van der Waals surface area contributed by atoms with Crippen molar-refractivity contribution in [1.29, 1.82) is 0 Å². The molecule has 0 aliphatic heterocycles. The third kappa shape index (κ3) is 7.61. The summed E-state index contributed by atoms with van der Waals surface area (Å²) in [7, 11) is 0.230. The molecule has 88 valence electrons. The van der Waals surface area contributed by atoms with Gasteiger partial charge in [-0.05, 0) is 12.3 Å². The van der Waals surface area contributed by atoms with Crippen molar-refractivity contribution in [3.05, 3.63) is 0 Å². The average molecular weight is 228 g/mol. The third-order valence-electron chi connectivity index (χ3n) is 1.91. The van der Waals surface area contributed by atoms with Gasteiger partial charge in [0, 0.05) is 7.11 Å². The van der Waals surface area contributed by atoms with E-state index < -0.39 is 14.2 Å². The molecule has 0 aromatic carbocycles. The molecule has 0 aliphatic carbocycles. The highest BCUT2D eigenvalue weighted by Gasteiger charge is 2.18. The van der Waals surface area contributed by atoms with Crippen molar-refractivity contribution in [2.45, 2.75) is 52.1 Å². The summed E-state index contributed by atoms with van der Waals surface area (Å²) in [5.41, 5.74) is 3.23. The Morgan fingerprint density at radius 2 is 1.80 bits per heavy atom. The molecule has 0 amide bonds. The van der Waals surface area contributed by atoms with Crippen molar-refractivity contribution < 1.29 is 9.84 Å². The van der Waals surface area contributed by atoms with Crippen LogP contribution in [0.2, 0.25) is 19.6 Å². The molecule has 0 aromatic heterocycles. The lowest BCUT2D eigenvalue weighted by Crippen LogP contribution is -2.29. The van der Waals surface area contributed by atoms with Crippen LogP contribution in [0.1, 0.15) is 20.3 Å². The molecule has 0 aliphatic rings. The summed E-state index contributed by atoms with van der Waals surface area (Å²) in [6.45, 7) is 10.7. The molecule has 0 aromatic rings. The number of hydrogen-bond acceptors (Lipinski definition) is 2. The summed E-state index contributed by atoms with van der Waals surface area (Å²) >= 11 is 0. The normalized spacial score (nSPS) is 15.7. The molecular formula is C12H24O2Si. The van der Waals surface area contributed by atoms with Crippen LogP contribution in [0.3, 0.4) is 0 Å². The molecule has 1 N–H and O–H groups in total. The van der Waals surface area contributed by atoms with Gasteiger partial charge < -0.3 is 9.84 Å². The Balaban J connectivity index is 4.41. The van der Waals surface area contributed by atoms with Crippen LogP contribution >= 0.6 is 0 Å². The van der Waals surface area contributed by atoms with Gasteiger partial charge in [0.05, 0.1) is 6.10 Å². The molecule has 3 heteroatoms. The van der Waals surface area contributed by atoms with E-state index in [4.69, 9.17) is 4.74 Å². The fraction of sp³-hybridized carbons (Fsp3) is 0.833. The summed E-state index contributed by atoms with van der Waals surface area (Å²) in [4.78, 5) is 0. The second-order valence-corrected chi connectivity index (χ2v) is 10.1. The zero-order valence-corrected chi connectivity index (χ0v) is 11.8. The molecule has 0 heterocycles. The fourth-order valence-electron chi connectivity index (χ4n) is 1.21.